The van der Waals surface area contributed by atoms with E-state index in [2.05, 4.69) is 13.1 Å². The molecule has 7 heteroatoms. The number of hydrogen-bond donors (Lipinski definition) is 0. The van der Waals surface area contributed by atoms with Crippen molar-refractivity contribution in [2.24, 2.45) is 0 Å². The molecule has 0 aliphatic rings. The Morgan fingerprint density at radius 3 is 1.81 bits per heavy atom. The minimum Gasteiger partial charge on any atom is -0.494 e. The highest BCUT2D eigenvalue weighted by Crippen LogP contribution is 2.37. The molecule has 0 saturated heterocycles. The fourth-order valence-corrected chi connectivity index (χ4v) is 3.87. The van der Waals surface area contributed by atoms with Crippen LogP contribution in [0.3, 0.4) is 0 Å². The fourth-order valence-electron chi connectivity index (χ4n) is 2.87. The summed E-state index contributed by atoms with van der Waals surface area (Å²) in [7, 11) is -1.09. The Morgan fingerprint density at radius 2 is 1.35 bits per heavy atom. The summed E-state index contributed by atoms with van der Waals surface area (Å²) in [4.78, 5) is 0. The molecule has 0 amide bonds. The number of benzene rings is 2. The van der Waals surface area contributed by atoms with Gasteiger partial charge in [0.15, 0.2) is 23.3 Å². The van der Waals surface area contributed by atoms with Crippen molar-refractivity contribution in [1.82, 2.24) is 0 Å². The lowest BCUT2D eigenvalue weighted by atomic mass is 9.88. The van der Waals surface area contributed by atoms with Crippen molar-refractivity contribution < 1.29 is 26.7 Å². The van der Waals surface area contributed by atoms with Crippen LogP contribution in [0.1, 0.15) is 30.4 Å². The molecule has 0 aliphatic carbocycles. The van der Waals surface area contributed by atoms with Crippen molar-refractivity contribution in [2.75, 3.05) is 6.61 Å². The Labute approximate surface area is 151 Å². The molecule has 1 unspecified atom stereocenters. The van der Waals surface area contributed by atoms with Crippen molar-refractivity contribution in [1.29, 1.82) is 0 Å². The van der Waals surface area contributed by atoms with E-state index < -0.39 is 49.4 Å². The maximum absolute atomic E-state index is 14.3. The van der Waals surface area contributed by atoms with Gasteiger partial charge in [0.05, 0.1) is 6.61 Å². The summed E-state index contributed by atoms with van der Waals surface area (Å²) < 4.78 is 74.7. The first-order chi connectivity index (χ1) is 12.3. The van der Waals surface area contributed by atoms with E-state index in [4.69, 9.17) is 4.74 Å². The van der Waals surface area contributed by atoms with Gasteiger partial charge < -0.3 is 4.74 Å². The van der Waals surface area contributed by atoms with Crippen molar-refractivity contribution in [3.8, 4) is 5.75 Å². The van der Waals surface area contributed by atoms with Crippen LogP contribution in [0.25, 0.3) is 0 Å². The van der Waals surface area contributed by atoms with Gasteiger partial charge in [-0.25, -0.2) is 22.0 Å². The molecule has 0 spiro atoms. The quantitative estimate of drug-likeness (QED) is 0.252. The topological polar surface area (TPSA) is 9.23 Å². The molecular formula is C19H21F5OSi. The van der Waals surface area contributed by atoms with Gasteiger partial charge in [-0.05, 0) is 31.0 Å². The zero-order chi connectivity index (χ0) is 19.4. The monoisotopic (exact) mass is 388 g/mol. The van der Waals surface area contributed by atoms with E-state index in [1.807, 2.05) is 6.92 Å². The maximum Gasteiger partial charge on any atom is 0.200 e. The van der Waals surface area contributed by atoms with Crippen molar-refractivity contribution in [3.05, 3.63) is 64.5 Å². The predicted octanol–water partition coefficient (Wildman–Crippen LogP) is 5.79. The molecule has 26 heavy (non-hydrogen) atoms. The largest absolute Gasteiger partial charge is 0.494 e. The molecule has 2 aromatic carbocycles. The van der Waals surface area contributed by atoms with Crippen LogP contribution in [0.4, 0.5) is 22.0 Å². The van der Waals surface area contributed by atoms with Crippen molar-refractivity contribution >= 4 is 8.80 Å². The van der Waals surface area contributed by atoms with Gasteiger partial charge in [0.2, 0.25) is 5.82 Å². The molecule has 142 valence electrons. The van der Waals surface area contributed by atoms with E-state index >= 15 is 0 Å². The van der Waals surface area contributed by atoms with Gasteiger partial charge in [0.25, 0.3) is 0 Å². The highest BCUT2D eigenvalue weighted by Gasteiger charge is 2.31. The minimum atomic E-state index is -2.13. The SMILES string of the molecule is CCOc1ccc(C(CC[SiH](C)C)c2c(F)c(F)c(F)c(F)c2F)cc1. The number of ether oxygens (including phenoxy) is 1. The number of rotatable bonds is 7. The van der Waals surface area contributed by atoms with E-state index in [0.29, 0.717) is 30.4 Å². The second-order valence-electron chi connectivity index (χ2n) is 6.51. The molecule has 0 N–H and O–H groups in total. The summed E-state index contributed by atoms with van der Waals surface area (Å²) in [6, 6.07) is 7.18. The second kappa shape index (κ2) is 8.66. The lowest BCUT2D eigenvalue weighted by Crippen LogP contribution is -2.14. The molecule has 0 saturated carbocycles. The highest BCUT2D eigenvalue weighted by atomic mass is 28.3. The summed E-state index contributed by atoms with van der Waals surface area (Å²) in [5.41, 5.74) is -0.272. The summed E-state index contributed by atoms with van der Waals surface area (Å²) in [5.74, 6) is -9.80. The van der Waals surface area contributed by atoms with E-state index in [1.54, 1.807) is 24.3 Å². The van der Waals surface area contributed by atoms with Crippen LogP contribution in [0.5, 0.6) is 5.75 Å². The Morgan fingerprint density at radius 1 is 0.846 bits per heavy atom. The molecule has 0 bridgehead atoms. The van der Waals surface area contributed by atoms with Crippen LogP contribution in [0, 0.1) is 29.1 Å². The summed E-state index contributed by atoms with van der Waals surface area (Å²) in [5, 5.41) is 0. The molecule has 0 heterocycles. The van der Waals surface area contributed by atoms with Gasteiger partial charge >= 0.3 is 0 Å². The Hall–Kier alpha value is -1.89. The normalized spacial score (nSPS) is 12.5. The highest BCUT2D eigenvalue weighted by molar-refractivity contribution is 6.55. The summed E-state index contributed by atoms with van der Waals surface area (Å²) in [6.45, 7) is 6.40. The Balaban J connectivity index is 2.55. The lowest BCUT2D eigenvalue weighted by molar-refractivity contribution is 0.340. The molecule has 1 nitrogen and oxygen atoms in total. The smallest absolute Gasteiger partial charge is 0.200 e. The molecule has 1 atom stereocenters. The third kappa shape index (κ3) is 4.26. The van der Waals surface area contributed by atoms with E-state index in [1.165, 1.54) is 0 Å². The van der Waals surface area contributed by atoms with Crippen LogP contribution < -0.4 is 4.74 Å². The van der Waals surface area contributed by atoms with Gasteiger partial charge in [-0.15, -0.1) is 0 Å². The van der Waals surface area contributed by atoms with Gasteiger partial charge in [0.1, 0.15) is 5.75 Å². The molecule has 0 aliphatic heterocycles. The Kier molecular flexibility index (Phi) is 6.80. The first-order valence-corrected chi connectivity index (χ1v) is 11.6. The predicted molar refractivity (Wildman–Crippen MR) is 94.0 cm³/mol. The van der Waals surface area contributed by atoms with Crippen LogP contribution in [0.2, 0.25) is 19.1 Å². The zero-order valence-corrected chi connectivity index (χ0v) is 16.0. The van der Waals surface area contributed by atoms with Crippen LogP contribution in [0.15, 0.2) is 24.3 Å². The zero-order valence-electron chi connectivity index (χ0n) is 14.9. The molecular weight excluding hydrogens is 367 g/mol. The minimum absolute atomic E-state index is 0.316. The maximum atomic E-state index is 14.3. The molecule has 2 rings (SSSR count). The standard InChI is InChI=1S/C19H21F5OSi/c1-4-25-12-7-5-11(6-8-12)13(9-10-26(2)3)14-15(20)17(22)19(24)18(23)16(14)21/h5-8,13,26H,4,9-10H2,1-3H3. The van der Waals surface area contributed by atoms with E-state index in [-0.39, 0.29) is 0 Å². The molecule has 0 aromatic heterocycles. The van der Waals surface area contributed by atoms with E-state index in [0.717, 1.165) is 0 Å². The average Bonchev–Trinajstić information content (AvgIpc) is 2.62. The van der Waals surface area contributed by atoms with Crippen molar-refractivity contribution in [2.45, 2.75) is 38.4 Å². The van der Waals surface area contributed by atoms with Gasteiger partial charge in [0, 0.05) is 20.3 Å². The third-order valence-corrected chi connectivity index (χ3v) is 5.71. The van der Waals surface area contributed by atoms with Crippen LogP contribution in [-0.4, -0.2) is 15.4 Å². The third-order valence-electron chi connectivity index (χ3n) is 4.22. The lowest BCUT2D eigenvalue weighted by Gasteiger charge is -2.21. The van der Waals surface area contributed by atoms with Crippen LogP contribution >= 0.6 is 0 Å². The molecule has 0 radical (unpaired) electrons. The summed E-state index contributed by atoms with van der Waals surface area (Å²) >= 11 is 0. The van der Waals surface area contributed by atoms with Gasteiger partial charge in [-0.2, -0.15) is 0 Å². The molecule has 0 fully saturated rings. The average molecular weight is 388 g/mol. The van der Waals surface area contributed by atoms with Gasteiger partial charge in [-0.1, -0.05) is 31.3 Å². The fraction of sp³-hybridized carbons (Fsp3) is 0.368. The van der Waals surface area contributed by atoms with Crippen molar-refractivity contribution in [3.63, 3.8) is 0 Å². The number of hydrogen-bond acceptors (Lipinski definition) is 1. The first-order valence-electron chi connectivity index (χ1n) is 8.51. The van der Waals surface area contributed by atoms with E-state index in [9.17, 15) is 22.0 Å². The Bertz CT molecular complexity index is 733. The number of halogens is 5. The summed E-state index contributed by atoms with van der Waals surface area (Å²) in [6.07, 6.45) is 0.316. The van der Waals surface area contributed by atoms with Gasteiger partial charge in [-0.3, -0.25) is 0 Å². The van der Waals surface area contributed by atoms with Crippen LogP contribution in [-0.2, 0) is 0 Å². The second-order valence-corrected chi connectivity index (χ2v) is 9.87. The first kappa shape index (κ1) is 20.4. The molecule has 2 aromatic rings.